The van der Waals surface area contributed by atoms with Crippen molar-refractivity contribution in [2.24, 2.45) is 0 Å². The monoisotopic (exact) mass is 499 g/mol. The van der Waals surface area contributed by atoms with Crippen molar-refractivity contribution in [3.63, 3.8) is 0 Å². The Morgan fingerprint density at radius 2 is 1.82 bits per heavy atom. The first-order valence-corrected chi connectivity index (χ1v) is 11.6. The summed E-state index contributed by atoms with van der Waals surface area (Å²) >= 11 is 6.17. The van der Waals surface area contributed by atoms with Gasteiger partial charge in [-0.1, -0.05) is 23.6 Å². The van der Waals surface area contributed by atoms with Crippen molar-refractivity contribution in [2.45, 2.75) is 18.7 Å². The molecule has 2 aromatic carbocycles. The first-order valence-electron chi connectivity index (χ1n) is 9.74. The number of nitrogens with zero attached hydrogens (tertiary/aromatic N) is 3. The second-order valence-electron chi connectivity index (χ2n) is 7.24. The SMILES string of the molecule is Cc1nc2cccc(Cl)c2cc1S(=O)(=O)Nc1ccc(F)c(C#Cc2cnc(N)c(C)n2)c1F. The molecule has 0 fully saturated rings. The maximum atomic E-state index is 15.1. The van der Waals surface area contributed by atoms with E-state index in [0.717, 1.165) is 12.1 Å². The molecule has 34 heavy (non-hydrogen) atoms. The third kappa shape index (κ3) is 4.48. The fourth-order valence-corrected chi connectivity index (χ4v) is 4.62. The van der Waals surface area contributed by atoms with Crippen molar-refractivity contribution in [3.05, 3.63) is 81.9 Å². The molecule has 0 aliphatic carbocycles. The summed E-state index contributed by atoms with van der Waals surface area (Å²) in [6.07, 6.45) is 1.26. The van der Waals surface area contributed by atoms with Gasteiger partial charge in [-0.15, -0.1) is 0 Å². The maximum absolute atomic E-state index is 15.1. The summed E-state index contributed by atoms with van der Waals surface area (Å²) in [6, 6.07) is 8.21. The first-order chi connectivity index (χ1) is 16.1. The molecule has 0 bridgehead atoms. The molecule has 3 N–H and O–H groups in total. The number of aromatic nitrogens is 3. The lowest BCUT2D eigenvalue weighted by Gasteiger charge is -2.13. The highest BCUT2D eigenvalue weighted by Gasteiger charge is 2.23. The quantitative estimate of drug-likeness (QED) is 0.405. The largest absolute Gasteiger partial charge is 0.382 e. The molecular weight excluding hydrogens is 484 g/mol. The molecule has 0 spiro atoms. The van der Waals surface area contributed by atoms with Crippen LogP contribution in [0.1, 0.15) is 22.6 Å². The van der Waals surface area contributed by atoms with E-state index in [1.54, 1.807) is 25.1 Å². The first kappa shape index (κ1) is 23.4. The van der Waals surface area contributed by atoms with Crippen LogP contribution < -0.4 is 10.5 Å². The van der Waals surface area contributed by atoms with Crippen LogP contribution in [0.3, 0.4) is 0 Å². The van der Waals surface area contributed by atoms with Crippen LogP contribution in [-0.4, -0.2) is 23.4 Å². The van der Waals surface area contributed by atoms with Crippen LogP contribution in [0.5, 0.6) is 0 Å². The molecule has 0 amide bonds. The molecule has 172 valence electrons. The van der Waals surface area contributed by atoms with E-state index in [1.165, 1.54) is 19.2 Å². The van der Waals surface area contributed by atoms with E-state index in [4.69, 9.17) is 17.3 Å². The summed E-state index contributed by atoms with van der Waals surface area (Å²) in [5.74, 6) is 2.91. The number of sulfonamides is 1. The second kappa shape index (κ2) is 8.85. The standard InChI is InChI=1S/C23H16ClF2N5O2S/c1-12-21(10-16-17(24)4-3-5-19(16)30-12)34(32,33)31-20-9-8-18(25)15(22(20)26)7-6-14-11-28-23(27)13(2)29-14/h3-5,8-11,31H,1-2H3,(H2,27,28). The highest BCUT2D eigenvalue weighted by atomic mass is 35.5. The fraction of sp³-hybridized carbons (Fsp3) is 0.0870. The Morgan fingerprint density at radius 3 is 2.56 bits per heavy atom. The molecule has 4 aromatic rings. The van der Waals surface area contributed by atoms with Crippen molar-refractivity contribution in [1.82, 2.24) is 15.0 Å². The number of pyridine rings is 1. The normalized spacial score (nSPS) is 11.2. The van der Waals surface area contributed by atoms with E-state index >= 15 is 4.39 Å². The summed E-state index contributed by atoms with van der Waals surface area (Å²) < 4.78 is 57.6. The summed E-state index contributed by atoms with van der Waals surface area (Å²) in [6.45, 7) is 3.11. The van der Waals surface area contributed by atoms with E-state index in [1.807, 2.05) is 0 Å². The minimum absolute atomic E-state index is 0.145. The minimum Gasteiger partial charge on any atom is -0.382 e. The predicted molar refractivity (Wildman–Crippen MR) is 126 cm³/mol. The predicted octanol–water partition coefficient (Wildman–Crippen LogP) is 4.36. The van der Waals surface area contributed by atoms with Gasteiger partial charge in [0.1, 0.15) is 22.2 Å². The number of hydrogen-bond donors (Lipinski definition) is 2. The Bertz CT molecular complexity index is 1630. The van der Waals surface area contributed by atoms with Crippen molar-refractivity contribution in [1.29, 1.82) is 0 Å². The molecule has 2 heterocycles. The smallest absolute Gasteiger partial charge is 0.263 e. The van der Waals surface area contributed by atoms with Crippen LogP contribution in [0.4, 0.5) is 20.3 Å². The number of benzene rings is 2. The molecule has 0 saturated heterocycles. The Hall–Kier alpha value is -3.81. The third-order valence-electron chi connectivity index (χ3n) is 4.88. The number of hydrogen-bond acceptors (Lipinski definition) is 6. The molecule has 7 nitrogen and oxygen atoms in total. The Balaban J connectivity index is 1.73. The van der Waals surface area contributed by atoms with E-state index in [9.17, 15) is 12.8 Å². The van der Waals surface area contributed by atoms with Gasteiger partial charge in [0.15, 0.2) is 5.82 Å². The van der Waals surface area contributed by atoms with Crippen molar-refractivity contribution in [3.8, 4) is 11.8 Å². The zero-order valence-electron chi connectivity index (χ0n) is 17.8. The van der Waals surface area contributed by atoms with Crippen LogP contribution in [0.15, 0.2) is 47.5 Å². The lowest BCUT2D eigenvalue weighted by Crippen LogP contribution is -2.16. The van der Waals surface area contributed by atoms with Gasteiger partial charge >= 0.3 is 0 Å². The average molecular weight is 500 g/mol. The Kier molecular flexibility index (Phi) is 6.08. The van der Waals surface area contributed by atoms with Crippen molar-refractivity contribution >= 4 is 44.0 Å². The molecular formula is C23H16ClF2N5O2S. The van der Waals surface area contributed by atoms with Crippen LogP contribution >= 0.6 is 11.6 Å². The van der Waals surface area contributed by atoms with Crippen LogP contribution in [-0.2, 0) is 10.0 Å². The molecule has 0 unspecified atom stereocenters. The number of nitrogen functional groups attached to an aromatic ring is 1. The molecule has 0 radical (unpaired) electrons. The zero-order valence-corrected chi connectivity index (χ0v) is 19.4. The number of anilines is 2. The number of rotatable bonds is 3. The number of halogens is 3. The lowest BCUT2D eigenvalue weighted by atomic mass is 10.1. The van der Waals surface area contributed by atoms with Gasteiger partial charge in [0.05, 0.1) is 39.4 Å². The topological polar surface area (TPSA) is 111 Å². The van der Waals surface area contributed by atoms with Crippen LogP contribution in [0.2, 0.25) is 5.02 Å². The molecule has 0 aliphatic heterocycles. The van der Waals surface area contributed by atoms with Gasteiger partial charge in [-0.2, -0.15) is 0 Å². The summed E-state index contributed by atoms with van der Waals surface area (Å²) in [7, 11) is -4.30. The van der Waals surface area contributed by atoms with Gasteiger partial charge in [-0.3, -0.25) is 9.71 Å². The fourth-order valence-electron chi connectivity index (χ4n) is 3.13. The lowest BCUT2D eigenvalue weighted by molar-refractivity contribution is 0.577. The molecule has 0 aliphatic rings. The highest BCUT2D eigenvalue weighted by molar-refractivity contribution is 7.92. The highest BCUT2D eigenvalue weighted by Crippen LogP contribution is 2.29. The average Bonchev–Trinajstić information content (AvgIpc) is 2.77. The molecule has 2 aromatic heterocycles. The van der Waals surface area contributed by atoms with E-state index in [-0.39, 0.29) is 22.1 Å². The van der Waals surface area contributed by atoms with Gasteiger partial charge in [0.2, 0.25) is 0 Å². The van der Waals surface area contributed by atoms with E-state index < -0.39 is 32.9 Å². The minimum atomic E-state index is -4.30. The summed E-state index contributed by atoms with van der Waals surface area (Å²) in [5, 5.41) is 0.731. The van der Waals surface area contributed by atoms with Gasteiger partial charge in [-0.05, 0) is 50.1 Å². The molecule has 0 saturated carbocycles. The molecule has 11 heteroatoms. The zero-order chi connectivity index (χ0) is 24.6. The Labute approximate surface area is 199 Å². The number of fused-ring (bicyclic) bond motifs is 1. The van der Waals surface area contributed by atoms with Gasteiger partial charge in [-0.25, -0.2) is 27.2 Å². The van der Waals surface area contributed by atoms with Crippen LogP contribution in [0, 0.1) is 37.3 Å². The number of aryl methyl sites for hydroxylation is 2. The maximum Gasteiger partial charge on any atom is 0.263 e. The van der Waals surface area contributed by atoms with E-state index in [2.05, 4.69) is 31.5 Å². The Morgan fingerprint density at radius 1 is 1.06 bits per heavy atom. The van der Waals surface area contributed by atoms with Gasteiger partial charge in [0, 0.05) is 5.39 Å². The number of nitrogens with two attached hydrogens (primary N) is 1. The molecule has 4 rings (SSSR count). The summed E-state index contributed by atoms with van der Waals surface area (Å²) in [5.41, 5.74) is 5.74. The number of nitrogens with one attached hydrogen (secondary N) is 1. The molecule has 0 atom stereocenters. The second-order valence-corrected chi connectivity index (χ2v) is 9.30. The van der Waals surface area contributed by atoms with Crippen LogP contribution in [0.25, 0.3) is 10.9 Å². The van der Waals surface area contributed by atoms with Crippen molar-refractivity contribution in [2.75, 3.05) is 10.5 Å². The van der Waals surface area contributed by atoms with Crippen molar-refractivity contribution < 1.29 is 17.2 Å². The summed E-state index contributed by atoms with van der Waals surface area (Å²) in [4.78, 5) is 12.0. The van der Waals surface area contributed by atoms with Gasteiger partial charge in [0.25, 0.3) is 10.0 Å². The van der Waals surface area contributed by atoms with Gasteiger partial charge < -0.3 is 5.73 Å². The third-order valence-corrected chi connectivity index (χ3v) is 6.69. The van der Waals surface area contributed by atoms with E-state index in [0.29, 0.717) is 21.6 Å².